The lowest BCUT2D eigenvalue weighted by Crippen LogP contribution is -2.43. The number of pyridine rings is 1. The molecule has 1 aliphatic heterocycles. The van der Waals surface area contributed by atoms with Crippen LogP contribution in [-0.4, -0.2) is 45.0 Å². The highest BCUT2D eigenvalue weighted by atomic mass is 35.5. The molecule has 160 valence electrons. The number of halogens is 2. The highest BCUT2D eigenvalue weighted by Crippen LogP contribution is 2.23. The molecule has 0 saturated carbocycles. The van der Waals surface area contributed by atoms with E-state index in [1.807, 2.05) is 12.1 Å². The van der Waals surface area contributed by atoms with Gasteiger partial charge >= 0.3 is 0 Å². The van der Waals surface area contributed by atoms with Crippen LogP contribution in [0, 0.1) is 5.92 Å². The molecule has 0 atom stereocenters. The van der Waals surface area contributed by atoms with Crippen LogP contribution in [0.4, 0.5) is 0 Å². The number of hydrogen-bond donors (Lipinski definition) is 2. The Labute approximate surface area is 189 Å². The third-order valence-electron chi connectivity index (χ3n) is 5.38. The molecule has 2 aromatic heterocycles. The molecule has 7 nitrogen and oxygen atoms in total. The van der Waals surface area contributed by atoms with Crippen molar-refractivity contribution in [2.75, 3.05) is 13.1 Å². The van der Waals surface area contributed by atoms with E-state index in [-0.39, 0.29) is 17.7 Å². The first kappa shape index (κ1) is 21.3. The highest BCUT2D eigenvalue weighted by molar-refractivity contribution is 6.33. The predicted octanol–water partition coefficient (Wildman–Crippen LogP) is 3.95. The molecule has 4 rings (SSSR count). The minimum atomic E-state index is -0.146. The SMILES string of the molecule is O=C(NCc1cc(Cl)ccc1Cl)C1CCN(C(=O)c2cc(-c3cccnc3)[nH]n2)CC1. The summed E-state index contributed by atoms with van der Waals surface area (Å²) in [6.45, 7) is 1.33. The summed E-state index contributed by atoms with van der Waals surface area (Å²) in [5.41, 5.74) is 2.74. The number of carbonyl (C=O) groups is 2. The normalized spacial score (nSPS) is 14.5. The molecule has 0 bridgehead atoms. The van der Waals surface area contributed by atoms with Crippen LogP contribution in [0.5, 0.6) is 0 Å². The fourth-order valence-electron chi connectivity index (χ4n) is 3.61. The van der Waals surface area contributed by atoms with Crippen LogP contribution in [0.3, 0.4) is 0 Å². The molecule has 1 aliphatic rings. The lowest BCUT2D eigenvalue weighted by molar-refractivity contribution is -0.126. The van der Waals surface area contributed by atoms with Crippen molar-refractivity contribution in [3.63, 3.8) is 0 Å². The zero-order valence-electron chi connectivity index (χ0n) is 16.6. The minimum absolute atomic E-state index is 0.0400. The van der Waals surface area contributed by atoms with Gasteiger partial charge in [0.25, 0.3) is 5.91 Å². The number of aromatic amines is 1. The Morgan fingerprint density at radius 3 is 2.71 bits per heavy atom. The number of rotatable bonds is 5. The van der Waals surface area contributed by atoms with Gasteiger partial charge in [0.2, 0.25) is 5.91 Å². The van der Waals surface area contributed by atoms with Crippen molar-refractivity contribution in [2.45, 2.75) is 19.4 Å². The summed E-state index contributed by atoms with van der Waals surface area (Å²) >= 11 is 12.1. The van der Waals surface area contributed by atoms with E-state index in [0.717, 1.165) is 16.8 Å². The molecular weight excluding hydrogens is 437 g/mol. The van der Waals surface area contributed by atoms with Gasteiger partial charge in [0.15, 0.2) is 5.69 Å². The maximum absolute atomic E-state index is 12.8. The van der Waals surface area contributed by atoms with Crippen LogP contribution < -0.4 is 5.32 Å². The van der Waals surface area contributed by atoms with Gasteiger partial charge in [-0.15, -0.1) is 0 Å². The van der Waals surface area contributed by atoms with Gasteiger partial charge in [0, 0.05) is 53.6 Å². The second kappa shape index (κ2) is 9.49. The molecule has 31 heavy (non-hydrogen) atoms. The Balaban J connectivity index is 1.30. The third kappa shape index (κ3) is 5.06. The summed E-state index contributed by atoms with van der Waals surface area (Å²) in [5, 5.41) is 11.1. The Kier molecular flexibility index (Phi) is 6.53. The van der Waals surface area contributed by atoms with Gasteiger partial charge in [0.05, 0.1) is 5.69 Å². The molecule has 0 aliphatic carbocycles. The van der Waals surface area contributed by atoms with E-state index in [2.05, 4.69) is 20.5 Å². The fraction of sp³-hybridized carbons (Fsp3) is 0.273. The number of H-pyrrole nitrogens is 1. The van der Waals surface area contributed by atoms with Crippen LogP contribution in [0.1, 0.15) is 28.9 Å². The quantitative estimate of drug-likeness (QED) is 0.606. The predicted molar refractivity (Wildman–Crippen MR) is 119 cm³/mol. The van der Waals surface area contributed by atoms with Crippen molar-refractivity contribution >= 4 is 35.0 Å². The van der Waals surface area contributed by atoms with Crippen LogP contribution >= 0.6 is 23.2 Å². The molecule has 0 spiro atoms. The molecule has 1 fully saturated rings. The second-order valence-corrected chi connectivity index (χ2v) is 8.27. The molecule has 3 aromatic rings. The number of hydrogen-bond acceptors (Lipinski definition) is 4. The number of nitrogens with zero attached hydrogens (tertiary/aromatic N) is 3. The summed E-state index contributed by atoms with van der Waals surface area (Å²) in [6.07, 6.45) is 4.60. The first-order valence-electron chi connectivity index (χ1n) is 9.98. The summed E-state index contributed by atoms with van der Waals surface area (Å²) in [5.74, 6) is -0.329. The lowest BCUT2D eigenvalue weighted by atomic mass is 9.95. The number of benzene rings is 1. The average Bonchev–Trinajstić information content (AvgIpc) is 3.30. The molecule has 9 heteroatoms. The number of piperidine rings is 1. The van der Waals surface area contributed by atoms with Crippen LogP contribution in [0.15, 0.2) is 48.8 Å². The van der Waals surface area contributed by atoms with E-state index < -0.39 is 0 Å². The van der Waals surface area contributed by atoms with E-state index in [1.54, 1.807) is 41.6 Å². The first-order valence-corrected chi connectivity index (χ1v) is 10.7. The molecule has 0 radical (unpaired) electrons. The second-order valence-electron chi connectivity index (χ2n) is 7.43. The van der Waals surface area contributed by atoms with Crippen molar-refractivity contribution in [3.8, 4) is 11.3 Å². The van der Waals surface area contributed by atoms with E-state index in [9.17, 15) is 9.59 Å². The molecule has 1 saturated heterocycles. The Bertz CT molecular complexity index is 1080. The monoisotopic (exact) mass is 457 g/mol. The average molecular weight is 458 g/mol. The highest BCUT2D eigenvalue weighted by Gasteiger charge is 2.28. The van der Waals surface area contributed by atoms with Gasteiger partial charge in [-0.2, -0.15) is 5.10 Å². The zero-order valence-corrected chi connectivity index (χ0v) is 18.2. The Morgan fingerprint density at radius 2 is 1.97 bits per heavy atom. The molecule has 0 unspecified atom stereocenters. The number of aromatic nitrogens is 3. The molecule has 1 aromatic carbocycles. The maximum Gasteiger partial charge on any atom is 0.274 e. The maximum atomic E-state index is 12.8. The third-order valence-corrected chi connectivity index (χ3v) is 5.99. The molecular formula is C22H21Cl2N5O2. The number of carbonyl (C=O) groups excluding carboxylic acids is 2. The smallest absolute Gasteiger partial charge is 0.274 e. The minimum Gasteiger partial charge on any atom is -0.352 e. The van der Waals surface area contributed by atoms with Gasteiger partial charge in [-0.1, -0.05) is 23.2 Å². The molecule has 2 amide bonds. The van der Waals surface area contributed by atoms with E-state index >= 15 is 0 Å². The van der Waals surface area contributed by atoms with E-state index in [0.29, 0.717) is 48.2 Å². The standard InChI is InChI=1S/C22H21Cl2N5O2/c23-17-3-4-18(24)16(10-17)13-26-21(30)14-5-8-29(9-6-14)22(31)20-11-19(27-28-20)15-2-1-7-25-12-15/h1-4,7,10-12,14H,5-6,8-9,13H2,(H,26,30)(H,27,28). The van der Waals surface area contributed by atoms with Gasteiger partial charge in [-0.05, 0) is 54.8 Å². The van der Waals surface area contributed by atoms with Gasteiger partial charge in [-0.25, -0.2) is 0 Å². The van der Waals surface area contributed by atoms with E-state index in [4.69, 9.17) is 23.2 Å². The Hall–Kier alpha value is -2.90. The van der Waals surface area contributed by atoms with Crippen molar-refractivity contribution in [1.82, 2.24) is 25.4 Å². The topological polar surface area (TPSA) is 91.0 Å². The van der Waals surface area contributed by atoms with Crippen molar-refractivity contribution in [1.29, 1.82) is 0 Å². The summed E-state index contributed by atoms with van der Waals surface area (Å²) in [6, 6.07) is 10.6. The number of likely N-dealkylation sites (tertiary alicyclic amines) is 1. The van der Waals surface area contributed by atoms with Gasteiger partial charge in [0.1, 0.15) is 0 Å². The molecule has 2 N–H and O–H groups in total. The number of nitrogens with one attached hydrogen (secondary N) is 2. The number of amides is 2. The van der Waals surface area contributed by atoms with Crippen LogP contribution in [0.25, 0.3) is 11.3 Å². The summed E-state index contributed by atoms with van der Waals surface area (Å²) in [7, 11) is 0. The fourth-order valence-corrected chi connectivity index (χ4v) is 3.99. The van der Waals surface area contributed by atoms with Crippen LogP contribution in [0.2, 0.25) is 10.0 Å². The van der Waals surface area contributed by atoms with Crippen LogP contribution in [-0.2, 0) is 11.3 Å². The van der Waals surface area contributed by atoms with Gasteiger partial charge < -0.3 is 10.2 Å². The lowest BCUT2D eigenvalue weighted by Gasteiger charge is -2.30. The zero-order chi connectivity index (χ0) is 21.8. The van der Waals surface area contributed by atoms with E-state index in [1.165, 1.54) is 0 Å². The van der Waals surface area contributed by atoms with Crippen molar-refractivity contribution in [3.05, 3.63) is 70.1 Å². The summed E-state index contributed by atoms with van der Waals surface area (Å²) < 4.78 is 0. The first-order chi connectivity index (χ1) is 15.0. The summed E-state index contributed by atoms with van der Waals surface area (Å²) in [4.78, 5) is 31.2. The molecule has 3 heterocycles. The largest absolute Gasteiger partial charge is 0.352 e. The Morgan fingerprint density at radius 1 is 1.16 bits per heavy atom. The van der Waals surface area contributed by atoms with Crippen molar-refractivity contribution < 1.29 is 9.59 Å². The van der Waals surface area contributed by atoms with Gasteiger partial charge in [-0.3, -0.25) is 19.7 Å². The van der Waals surface area contributed by atoms with Crippen molar-refractivity contribution in [2.24, 2.45) is 5.92 Å².